The highest BCUT2D eigenvalue weighted by molar-refractivity contribution is 9.10. The highest BCUT2D eigenvalue weighted by Gasteiger charge is 2.24. The zero-order valence-corrected chi connectivity index (χ0v) is 14.7. The van der Waals surface area contributed by atoms with Gasteiger partial charge in [-0.1, -0.05) is 28.1 Å². The molecule has 0 radical (unpaired) electrons. The van der Waals surface area contributed by atoms with Gasteiger partial charge in [-0.05, 0) is 30.5 Å². The molecule has 4 rings (SSSR count). The maximum absolute atomic E-state index is 12.2. The predicted octanol–water partition coefficient (Wildman–Crippen LogP) is 1.71. The summed E-state index contributed by atoms with van der Waals surface area (Å²) in [6, 6.07) is 8.19. The lowest BCUT2D eigenvalue weighted by Crippen LogP contribution is -2.38. The molecule has 0 aliphatic carbocycles. The Kier molecular flexibility index (Phi) is 3.65. The van der Waals surface area contributed by atoms with Crippen molar-refractivity contribution in [2.24, 2.45) is 0 Å². The number of aromatic amines is 1. The van der Waals surface area contributed by atoms with Crippen LogP contribution in [0.15, 0.2) is 33.5 Å². The fourth-order valence-electron chi connectivity index (χ4n) is 3.22. The number of rotatable bonds is 2. The van der Waals surface area contributed by atoms with Crippen LogP contribution < -0.4 is 11.3 Å². The van der Waals surface area contributed by atoms with E-state index in [0.717, 1.165) is 17.4 Å². The molecule has 0 bridgehead atoms. The molecule has 0 amide bonds. The van der Waals surface area contributed by atoms with E-state index in [0.29, 0.717) is 24.1 Å². The summed E-state index contributed by atoms with van der Waals surface area (Å²) in [5.74, 6) is 0.490. The third kappa shape index (κ3) is 2.61. The van der Waals surface area contributed by atoms with Gasteiger partial charge in [-0.3, -0.25) is 14.8 Å². The minimum atomic E-state index is -0.202. The topological polar surface area (TPSA) is 92.3 Å². The smallest absolute Gasteiger partial charge is 0.274 e. The SMILES string of the molecule is CC1Cc2c(Br)cccc2CN1Cc1cc(=O)n2[nH]c(N)nc2n1. The number of hydrogen-bond donors (Lipinski definition) is 2. The number of H-pyrrole nitrogens is 1. The first-order valence-electron chi connectivity index (χ1n) is 7.76. The Bertz CT molecular complexity index is 978. The van der Waals surface area contributed by atoms with Crippen LogP contribution in [0, 0.1) is 0 Å². The lowest BCUT2D eigenvalue weighted by Gasteiger charge is -2.35. The Morgan fingerprint density at radius 3 is 3.08 bits per heavy atom. The van der Waals surface area contributed by atoms with Crippen LogP contribution in [0.25, 0.3) is 5.78 Å². The molecular weight excluding hydrogens is 372 g/mol. The number of aromatic nitrogens is 4. The largest absolute Gasteiger partial charge is 0.368 e. The third-order valence-electron chi connectivity index (χ3n) is 4.48. The average molecular weight is 389 g/mol. The van der Waals surface area contributed by atoms with Crippen molar-refractivity contribution in [3.05, 3.63) is 55.9 Å². The zero-order chi connectivity index (χ0) is 16.8. The van der Waals surface area contributed by atoms with Crippen LogP contribution in [-0.4, -0.2) is 30.5 Å². The fraction of sp³-hybridized carbons (Fsp3) is 0.312. The van der Waals surface area contributed by atoms with Crippen molar-refractivity contribution in [1.82, 2.24) is 24.5 Å². The van der Waals surface area contributed by atoms with E-state index >= 15 is 0 Å². The molecule has 1 aliphatic rings. The van der Waals surface area contributed by atoms with E-state index in [4.69, 9.17) is 5.73 Å². The van der Waals surface area contributed by atoms with Crippen molar-refractivity contribution in [1.29, 1.82) is 0 Å². The second kappa shape index (κ2) is 5.71. The number of nitrogens with two attached hydrogens (primary N) is 1. The summed E-state index contributed by atoms with van der Waals surface area (Å²) in [5.41, 5.74) is 8.78. The molecule has 1 aromatic carbocycles. The highest BCUT2D eigenvalue weighted by atomic mass is 79.9. The summed E-state index contributed by atoms with van der Waals surface area (Å²) in [7, 11) is 0. The zero-order valence-electron chi connectivity index (χ0n) is 13.2. The summed E-state index contributed by atoms with van der Waals surface area (Å²) >= 11 is 3.64. The molecule has 1 aliphatic heterocycles. The van der Waals surface area contributed by atoms with Gasteiger partial charge in [0.1, 0.15) is 0 Å². The Morgan fingerprint density at radius 1 is 1.42 bits per heavy atom. The van der Waals surface area contributed by atoms with Gasteiger partial charge in [0.05, 0.1) is 5.69 Å². The van der Waals surface area contributed by atoms with E-state index in [2.05, 4.69) is 61.0 Å². The number of benzene rings is 1. The molecule has 24 heavy (non-hydrogen) atoms. The lowest BCUT2D eigenvalue weighted by molar-refractivity contribution is 0.173. The molecule has 7 nitrogen and oxygen atoms in total. The maximum Gasteiger partial charge on any atom is 0.274 e. The molecule has 124 valence electrons. The second-order valence-electron chi connectivity index (χ2n) is 6.17. The molecule has 0 saturated carbocycles. The van der Waals surface area contributed by atoms with Crippen molar-refractivity contribution >= 4 is 27.7 Å². The number of nitrogen functional groups attached to an aromatic ring is 1. The Labute approximate surface area is 146 Å². The van der Waals surface area contributed by atoms with Crippen molar-refractivity contribution in [3.63, 3.8) is 0 Å². The average Bonchev–Trinajstić information content (AvgIpc) is 2.90. The monoisotopic (exact) mass is 388 g/mol. The number of nitrogens with zero attached hydrogens (tertiary/aromatic N) is 4. The highest BCUT2D eigenvalue weighted by Crippen LogP contribution is 2.29. The van der Waals surface area contributed by atoms with Gasteiger partial charge in [-0.25, -0.2) is 4.98 Å². The lowest BCUT2D eigenvalue weighted by atomic mass is 9.95. The Morgan fingerprint density at radius 2 is 2.25 bits per heavy atom. The van der Waals surface area contributed by atoms with Crippen LogP contribution in [0.1, 0.15) is 23.7 Å². The van der Waals surface area contributed by atoms with E-state index < -0.39 is 0 Å². The molecule has 2 aromatic heterocycles. The van der Waals surface area contributed by atoms with Gasteiger partial charge in [0.2, 0.25) is 5.95 Å². The number of halogens is 1. The van der Waals surface area contributed by atoms with Gasteiger partial charge >= 0.3 is 0 Å². The first-order chi connectivity index (χ1) is 11.5. The Balaban J connectivity index is 1.65. The third-order valence-corrected chi connectivity index (χ3v) is 5.22. The van der Waals surface area contributed by atoms with Crippen LogP contribution in [-0.2, 0) is 19.5 Å². The van der Waals surface area contributed by atoms with E-state index in [-0.39, 0.29) is 11.5 Å². The molecule has 1 unspecified atom stereocenters. The standard InChI is InChI=1S/C16H17BrN6O/c1-9-5-12-10(3-2-4-13(12)17)7-22(9)8-11-6-14(24)23-16(19-11)20-15(18)21-23/h2-4,6,9H,5,7-8H2,1H3,(H3,18,19,20,21). The quantitative estimate of drug-likeness (QED) is 0.696. The van der Waals surface area contributed by atoms with Crippen molar-refractivity contribution in [3.8, 4) is 0 Å². The summed E-state index contributed by atoms with van der Waals surface area (Å²) in [5, 5.41) is 2.68. The van der Waals surface area contributed by atoms with E-state index in [1.165, 1.54) is 21.7 Å². The fourth-order valence-corrected chi connectivity index (χ4v) is 3.79. The van der Waals surface area contributed by atoms with Crippen LogP contribution in [0.2, 0.25) is 0 Å². The number of anilines is 1. The molecule has 8 heteroatoms. The Hall–Kier alpha value is -2.19. The van der Waals surface area contributed by atoms with Crippen molar-refractivity contribution in [2.45, 2.75) is 32.5 Å². The molecule has 0 saturated heterocycles. The molecule has 0 fully saturated rings. The van der Waals surface area contributed by atoms with Gasteiger partial charge in [-0.2, -0.15) is 9.50 Å². The summed E-state index contributed by atoms with van der Waals surface area (Å²) in [6.45, 7) is 3.63. The van der Waals surface area contributed by atoms with Crippen molar-refractivity contribution in [2.75, 3.05) is 5.73 Å². The summed E-state index contributed by atoms with van der Waals surface area (Å²) < 4.78 is 2.42. The minimum absolute atomic E-state index is 0.182. The van der Waals surface area contributed by atoms with Crippen LogP contribution in [0.3, 0.4) is 0 Å². The summed E-state index contributed by atoms with van der Waals surface area (Å²) in [4.78, 5) is 23.0. The number of fused-ring (bicyclic) bond motifs is 2. The van der Waals surface area contributed by atoms with E-state index in [1.807, 2.05) is 0 Å². The maximum atomic E-state index is 12.2. The first-order valence-corrected chi connectivity index (χ1v) is 8.55. The molecule has 3 aromatic rings. The van der Waals surface area contributed by atoms with E-state index in [9.17, 15) is 4.79 Å². The van der Waals surface area contributed by atoms with Gasteiger partial charge < -0.3 is 5.73 Å². The molecule has 3 heterocycles. The normalized spacial score (nSPS) is 18.0. The number of hydrogen-bond acceptors (Lipinski definition) is 5. The summed E-state index contributed by atoms with van der Waals surface area (Å²) in [6.07, 6.45) is 0.966. The van der Waals surface area contributed by atoms with Gasteiger partial charge in [0.25, 0.3) is 11.3 Å². The van der Waals surface area contributed by atoms with Gasteiger partial charge in [-0.15, -0.1) is 0 Å². The van der Waals surface area contributed by atoms with Gasteiger partial charge in [0.15, 0.2) is 0 Å². The molecule has 0 spiro atoms. The van der Waals surface area contributed by atoms with Crippen LogP contribution >= 0.6 is 15.9 Å². The predicted molar refractivity (Wildman–Crippen MR) is 94.6 cm³/mol. The van der Waals surface area contributed by atoms with Crippen LogP contribution in [0.5, 0.6) is 0 Å². The molecule has 1 atom stereocenters. The minimum Gasteiger partial charge on any atom is -0.368 e. The number of nitrogens with one attached hydrogen (secondary N) is 1. The molecule has 3 N–H and O–H groups in total. The van der Waals surface area contributed by atoms with Crippen molar-refractivity contribution < 1.29 is 0 Å². The van der Waals surface area contributed by atoms with Gasteiger partial charge in [0, 0.05) is 29.7 Å². The second-order valence-corrected chi connectivity index (χ2v) is 7.02. The first kappa shape index (κ1) is 15.3. The molecular formula is C16H17BrN6O. The van der Waals surface area contributed by atoms with Crippen LogP contribution in [0.4, 0.5) is 5.95 Å². The van der Waals surface area contributed by atoms with E-state index in [1.54, 1.807) is 0 Å².